The molecule has 4 aromatic rings. The summed E-state index contributed by atoms with van der Waals surface area (Å²) in [6.07, 6.45) is 1.58. The van der Waals surface area contributed by atoms with Crippen molar-refractivity contribution in [2.45, 2.75) is 11.8 Å². The minimum atomic E-state index is -3.88. The molecule has 0 fully saturated rings. The molecule has 3 aromatic heterocycles. The number of nitrogens with zero attached hydrogens (tertiary/aromatic N) is 5. The van der Waals surface area contributed by atoms with Crippen molar-refractivity contribution in [1.29, 1.82) is 0 Å². The highest BCUT2D eigenvalue weighted by Gasteiger charge is 2.25. The van der Waals surface area contributed by atoms with Gasteiger partial charge in [-0.25, -0.2) is 18.4 Å². The van der Waals surface area contributed by atoms with Gasteiger partial charge in [-0.15, -0.1) is 0 Å². The van der Waals surface area contributed by atoms with E-state index in [1.165, 1.54) is 4.68 Å². The lowest BCUT2D eigenvalue weighted by Gasteiger charge is -2.09. The van der Waals surface area contributed by atoms with E-state index in [9.17, 15) is 8.42 Å². The highest BCUT2D eigenvalue weighted by molar-refractivity contribution is 7.92. The normalized spacial score (nSPS) is 11.8. The number of anilines is 2. The maximum absolute atomic E-state index is 12.7. The van der Waals surface area contributed by atoms with E-state index in [0.29, 0.717) is 28.2 Å². The molecule has 0 atom stereocenters. The van der Waals surface area contributed by atoms with E-state index >= 15 is 0 Å². The number of nitrogens with one attached hydrogen (secondary N) is 2. The average Bonchev–Trinajstić information content (AvgIpc) is 3.14. The third kappa shape index (κ3) is 3.04. The van der Waals surface area contributed by atoms with Crippen LogP contribution in [0.15, 0.2) is 35.4 Å². The molecule has 0 saturated heterocycles. The van der Waals surface area contributed by atoms with Crippen LogP contribution in [-0.4, -0.2) is 38.4 Å². The Kier molecular flexibility index (Phi) is 4.20. The molecule has 4 rings (SSSR count). The Hall–Kier alpha value is -3.18. The third-order valence-corrected chi connectivity index (χ3v) is 6.18. The number of aromatic nitrogens is 6. The molecular formula is C16H15ClN8O2S. The number of nitrogens with two attached hydrogens (primary N) is 1. The Morgan fingerprint density at radius 3 is 2.61 bits per heavy atom. The van der Waals surface area contributed by atoms with Gasteiger partial charge in [0.05, 0.1) is 17.6 Å². The van der Waals surface area contributed by atoms with Gasteiger partial charge in [-0.1, -0.05) is 23.7 Å². The quantitative estimate of drug-likeness (QED) is 0.460. The molecule has 4 N–H and O–H groups in total. The second-order valence-corrected chi connectivity index (χ2v) is 8.05. The van der Waals surface area contributed by atoms with E-state index in [1.807, 2.05) is 0 Å². The molecule has 0 unspecified atom stereocenters. The second-order valence-electron chi connectivity index (χ2n) is 6.07. The number of hydrogen-bond donors (Lipinski definition) is 3. The predicted molar refractivity (Wildman–Crippen MR) is 105 cm³/mol. The number of halogens is 1. The van der Waals surface area contributed by atoms with Crippen molar-refractivity contribution in [3.05, 3.63) is 41.3 Å². The summed E-state index contributed by atoms with van der Waals surface area (Å²) in [7, 11) is -2.30. The number of benzene rings is 1. The summed E-state index contributed by atoms with van der Waals surface area (Å²) in [4.78, 5) is 8.61. The first-order valence-electron chi connectivity index (χ1n) is 8.05. The number of hydrogen-bond acceptors (Lipinski definition) is 7. The first-order valence-corrected chi connectivity index (χ1v) is 9.91. The summed E-state index contributed by atoms with van der Waals surface area (Å²) < 4.78 is 29.2. The number of H-pyrrole nitrogens is 1. The SMILES string of the molecule is Cc1nn(C)c(Cl)c1S(=O)(=O)Nc1ccc(-c2cnc3c(N)n[nH]c3n2)cc1. The topological polar surface area (TPSA) is 144 Å². The second kappa shape index (κ2) is 6.46. The molecule has 0 saturated carbocycles. The van der Waals surface area contributed by atoms with Crippen molar-refractivity contribution < 1.29 is 8.42 Å². The summed E-state index contributed by atoms with van der Waals surface area (Å²) in [6.45, 7) is 1.58. The molecule has 10 nitrogen and oxygen atoms in total. The van der Waals surface area contributed by atoms with Gasteiger partial charge < -0.3 is 5.73 Å². The van der Waals surface area contributed by atoms with E-state index in [-0.39, 0.29) is 15.9 Å². The summed E-state index contributed by atoms with van der Waals surface area (Å²) in [5, 5.41) is 10.7. The maximum atomic E-state index is 12.7. The van der Waals surface area contributed by atoms with Gasteiger partial charge in [0.25, 0.3) is 10.0 Å². The Morgan fingerprint density at radius 2 is 1.96 bits per heavy atom. The lowest BCUT2D eigenvalue weighted by atomic mass is 10.1. The number of fused-ring (bicyclic) bond motifs is 1. The van der Waals surface area contributed by atoms with Crippen molar-refractivity contribution in [2.75, 3.05) is 10.5 Å². The molecule has 0 bridgehead atoms. The lowest BCUT2D eigenvalue weighted by molar-refractivity contribution is 0.600. The molecule has 144 valence electrons. The molecule has 12 heteroatoms. The molecule has 1 aromatic carbocycles. The minimum absolute atomic E-state index is 0.0454. The largest absolute Gasteiger partial charge is 0.380 e. The molecule has 0 spiro atoms. The minimum Gasteiger partial charge on any atom is -0.380 e. The Bertz CT molecular complexity index is 1290. The molecule has 3 heterocycles. The van der Waals surface area contributed by atoms with Gasteiger partial charge in [-0.05, 0) is 19.1 Å². The lowest BCUT2D eigenvalue weighted by Crippen LogP contribution is -2.14. The summed E-state index contributed by atoms with van der Waals surface area (Å²) in [5.74, 6) is 0.281. The van der Waals surface area contributed by atoms with E-state index in [1.54, 1.807) is 44.4 Å². The predicted octanol–water partition coefficient (Wildman–Crippen LogP) is 2.10. The summed E-state index contributed by atoms with van der Waals surface area (Å²) in [6, 6.07) is 6.70. The van der Waals surface area contributed by atoms with Gasteiger partial charge in [-0.2, -0.15) is 10.2 Å². The highest BCUT2D eigenvalue weighted by atomic mass is 35.5. The Labute approximate surface area is 164 Å². The van der Waals surface area contributed by atoms with Crippen LogP contribution in [0.4, 0.5) is 11.5 Å². The standard InChI is InChI=1S/C16H15ClN8O2S/c1-8-13(14(17)25(2)23-8)28(26,27)24-10-5-3-9(4-6-10)11-7-19-12-15(18)21-22-16(12)20-11/h3-7,24H,1-2H3,(H3,18,20,21,22). The molecule has 28 heavy (non-hydrogen) atoms. The van der Waals surface area contributed by atoms with Crippen LogP contribution < -0.4 is 10.5 Å². The van der Waals surface area contributed by atoms with Gasteiger partial charge >= 0.3 is 0 Å². The van der Waals surface area contributed by atoms with Gasteiger partial charge in [0.1, 0.15) is 10.0 Å². The van der Waals surface area contributed by atoms with Gasteiger partial charge in [-0.3, -0.25) is 14.5 Å². The number of sulfonamides is 1. The number of nitrogen functional groups attached to an aromatic ring is 1. The fraction of sp³-hybridized carbons (Fsp3) is 0.125. The van der Waals surface area contributed by atoms with E-state index in [4.69, 9.17) is 17.3 Å². The zero-order chi connectivity index (χ0) is 20.1. The first-order chi connectivity index (χ1) is 13.3. The van der Waals surface area contributed by atoms with Crippen LogP contribution in [0, 0.1) is 6.92 Å². The summed E-state index contributed by atoms with van der Waals surface area (Å²) in [5.41, 5.74) is 8.70. The molecule has 0 radical (unpaired) electrons. The molecule has 0 aliphatic heterocycles. The molecule has 0 aliphatic carbocycles. The van der Waals surface area contributed by atoms with Crippen LogP contribution in [-0.2, 0) is 17.1 Å². The Morgan fingerprint density at radius 1 is 1.25 bits per heavy atom. The molecule has 0 amide bonds. The smallest absolute Gasteiger partial charge is 0.266 e. The van der Waals surface area contributed by atoms with Crippen LogP contribution in [0.5, 0.6) is 0 Å². The van der Waals surface area contributed by atoms with Crippen LogP contribution in [0.1, 0.15) is 5.69 Å². The number of aromatic amines is 1. The van der Waals surface area contributed by atoms with E-state index in [2.05, 4.69) is 30.0 Å². The van der Waals surface area contributed by atoms with Gasteiger partial charge in [0.2, 0.25) is 0 Å². The van der Waals surface area contributed by atoms with Crippen molar-refractivity contribution in [3.63, 3.8) is 0 Å². The van der Waals surface area contributed by atoms with Crippen LogP contribution in [0.25, 0.3) is 22.4 Å². The van der Waals surface area contributed by atoms with Crippen LogP contribution in [0.2, 0.25) is 5.15 Å². The van der Waals surface area contributed by atoms with E-state index in [0.717, 1.165) is 5.56 Å². The monoisotopic (exact) mass is 418 g/mol. The fourth-order valence-electron chi connectivity index (χ4n) is 2.79. The van der Waals surface area contributed by atoms with Crippen LogP contribution in [0.3, 0.4) is 0 Å². The number of aryl methyl sites for hydroxylation is 2. The van der Waals surface area contributed by atoms with Crippen LogP contribution >= 0.6 is 11.6 Å². The Balaban J connectivity index is 1.62. The summed E-state index contributed by atoms with van der Waals surface area (Å²) >= 11 is 6.07. The van der Waals surface area contributed by atoms with Crippen molar-refractivity contribution in [1.82, 2.24) is 29.9 Å². The van der Waals surface area contributed by atoms with Crippen molar-refractivity contribution >= 4 is 44.3 Å². The third-order valence-electron chi connectivity index (χ3n) is 4.10. The maximum Gasteiger partial charge on any atom is 0.266 e. The van der Waals surface area contributed by atoms with E-state index < -0.39 is 10.0 Å². The van der Waals surface area contributed by atoms with Gasteiger partial charge in [0.15, 0.2) is 17.0 Å². The van der Waals surface area contributed by atoms with Crippen molar-refractivity contribution in [3.8, 4) is 11.3 Å². The first kappa shape index (κ1) is 18.2. The molecular weight excluding hydrogens is 404 g/mol. The highest BCUT2D eigenvalue weighted by Crippen LogP contribution is 2.27. The average molecular weight is 419 g/mol. The molecule has 0 aliphatic rings. The van der Waals surface area contributed by atoms with Crippen molar-refractivity contribution in [2.24, 2.45) is 7.05 Å². The van der Waals surface area contributed by atoms with Gasteiger partial charge in [0, 0.05) is 18.3 Å². The zero-order valence-corrected chi connectivity index (χ0v) is 16.4. The fourth-order valence-corrected chi connectivity index (χ4v) is 4.60. The number of rotatable bonds is 4. The zero-order valence-electron chi connectivity index (χ0n) is 14.8.